The van der Waals surface area contributed by atoms with Gasteiger partial charge in [0.1, 0.15) is 0 Å². The van der Waals surface area contributed by atoms with Crippen LogP contribution >= 0.6 is 0 Å². The summed E-state index contributed by atoms with van der Waals surface area (Å²) < 4.78 is 0. The van der Waals surface area contributed by atoms with Crippen molar-refractivity contribution in [3.05, 3.63) is 30.3 Å². The third-order valence-electron chi connectivity index (χ3n) is 2.23. The first kappa shape index (κ1) is 11.5. The highest BCUT2D eigenvalue weighted by Gasteiger charge is 2.03. The Balaban J connectivity index is 2.41. The first-order valence-corrected chi connectivity index (χ1v) is 5.21. The number of benzene rings is 1. The van der Waals surface area contributed by atoms with Crippen molar-refractivity contribution in [2.75, 3.05) is 18.1 Å². The second kappa shape index (κ2) is 6.86. The van der Waals surface area contributed by atoms with Gasteiger partial charge >= 0.3 is 0 Å². The third-order valence-corrected chi connectivity index (χ3v) is 2.23. The monoisotopic (exact) mass is 204 g/mol. The van der Waals surface area contributed by atoms with Crippen LogP contribution in [0.15, 0.2) is 30.3 Å². The van der Waals surface area contributed by atoms with Crippen molar-refractivity contribution in [3.63, 3.8) is 0 Å². The predicted molar refractivity (Wildman–Crippen MR) is 60.3 cm³/mol. The maximum absolute atomic E-state index is 8.96. The highest BCUT2D eigenvalue weighted by Crippen LogP contribution is 2.12. The second-order valence-corrected chi connectivity index (χ2v) is 3.37. The standard InChI is InChI=1S/C12H16N2O/c13-11-14(9-5-2-6-10-15)12-7-3-1-4-8-12/h1,3-4,7-8,15H,2,5-6,9-10H2. The fourth-order valence-electron chi connectivity index (χ4n) is 1.40. The molecule has 0 heterocycles. The lowest BCUT2D eigenvalue weighted by Crippen LogP contribution is -2.17. The molecule has 0 atom stereocenters. The van der Waals surface area contributed by atoms with Crippen molar-refractivity contribution in [2.24, 2.45) is 0 Å². The Hall–Kier alpha value is -1.53. The van der Waals surface area contributed by atoms with Crippen LogP contribution < -0.4 is 4.90 Å². The fraction of sp³-hybridized carbons (Fsp3) is 0.417. The second-order valence-electron chi connectivity index (χ2n) is 3.37. The van der Waals surface area contributed by atoms with Crippen molar-refractivity contribution in [1.29, 1.82) is 5.26 Å². The largest absolute Gasteiger partial charge is 0.396 e. The molecule has 3 heteroatoms. The normalized spacial score (nSPS) is 9.60. The number of hydrogen-bond donors (Lipinski definition) is 1. The van der Waals surface area contributed by atoms with Crippen molar-refractivity contribution < 1.29 is 5.11 Å². The van der Waals surface area contributed by atoms with E-state index >= 15 is 0 Å². The Labute approximate surface area is 90.6 Å². The van der Waals surface area contributed by atoms with E-state index in [9.17, 15) is 0 Å². The molecule has 0 radical (unpaired) electrons. The van der Waals surface area contributed by atoms with Gasteiger partial charge in [-0.15, -0.1) is 0 Å². The van der Waals surface area contributed by atoms with E-state index < -0.39 is 0 Å². The number of unbranched alkanes of at least 4 members (excludes halogenated alkanes) is 2. The summed E-state index contributed by atoms with van der Waals surface area (Å²) in [4.78, 5) is 1.68. The molecular formula is C12H16N2O. The van der Waals surface area contributed by atoms with Crippen molar-refractivity contribution in [3.8, 4) is 6.19 Å². The van der Waals surface area contributed by atoms with E-state index in [1.807, 2.05) is 30.3 Å². The average Bonchev–Trinajstić information content (AvgIpc) is 2.30. The molecule has 0 unspecified atom stereocenters. The number of aliphatic hydroxyl groups excluding tert-OH is 1. The minimum atomic E-state index is 0.234. The van der Waals surface area contributed by atoms with E-state index in [4.69, 9.17) is 10.4 Å². The molecule has 0 bridgehead atoms. The molecule has 3 nitrogen and oxygen atoms in total. The van der Waals surface area contributed by atoms with Gasteiger partial charge in [-0.1, -0.05) is 18.2 Å². The zero-order valence-corrected chi connectivity index (χ0v) is 8.76. The number of aliphatic hydroxyl groups is 1. The van der Waals surface area contributed by atoms with E-state index in [-0.39, 0.29) is 6.61 Å². The van der Waals surface area contributed by atoms with Gasteiger partial charge in [0.05, 0.1) is 5.69 Å². The Bertz CT molecular complexity index is 305. The summed E-state index contributed by atoms with van der Waals surface area (Å²) in [7, 11) is 0. The third kappa shape index (κ3) is 4.01. The highest BCUT2D eigenvalue weighted by molar-refractivity contribution is 5.49. The molecule has 0 aromatic heterocycles. The molecule has 0 aliphatic rings. The van der Waals surface area contributed by atoms with Crippen molar-refractivity contribution >= 4 is 5.69 Å². The molecule has 0 saturated heterocycles. The molecule has 1 N–H and O–H groups in total. The van der Waals surface area contributed by atoms with Crippen LogP contribution in [0.3, 0.4) is 0 Å². The van der Waals surface area contributed by atoms with E-state index in [1.165, 1.54) is 0 Å². The number of rotatable bonds is 6. The van der Waals surface area contributed by atoms with Gasteiger partial charge in [0, 0.05) is 13.2 Å². The number of para-hydroxylation sites is 1. The minimum absolute atomic E-state index is 0.234. The summed E-state index contributed by atoms with van der Waals surface area (Å²) in [5, 5.41) is 17.6. The zero-order chi connectivity index (χ0) is 10.9. The smallest absolute Gasteiger partial charge is 0.184 e. The molecule has 1 rings (SSSR count). The van der Waals surface area contributed by atoms with Gasteiger partial charge in [-0.3, -0.25) is 4.90 Å². The number of nitriles is 1. The van der Waals surface area contributed by atoms with E-state index in [2.05, 4.69) is 6.19 Å². The topological polar surface area (TPSA) is 47.3 Å². The van der Waals surface area contributed by atoms with Crippen molar-refractivity contribution in [1.82, 2.24) is 0 Å². The Morgan fingerprint density at radius 3 is 2.47 bits per heavy atom. The molecule has 0 spiro atoms. The number of hydrogen-bond acceptors (Lipinski definition) is 3. The van der Waals surface area contributed by atoms with Gasteiger partial charge in [-0.2, -0.15) is 5.26 Å². The first-order valence-electron chi connectivity index (χ1n) is 5.21. The van der Waals surface area contributed by atoms with Crippen molar-refractivity contribution in [2.45, 2.75) is 19.3 Å². The predicted octanol–water partition coefficient (Wildman–Crippen LogP) is 2.14. The summed E-state index contributed by atoms with van der Waals surface area (Å²) in [6.45, 7) is 0.957. The van der Waals surface area contributed by atoms with Gasteiger partial charge in [-0.05, 0) is 31.4 Å². The lowest BCUT2D eigenvalue weighted by atomic mass is 10.2. The van der Waals surface area contributed by atoms with Gasteiger partial charge in [0.25, 0.3) is 0 Å². The first-order chi connectivity index (χ1) is 7.38. The summed E-state index contributed by atoms with van der Waals surface area (Å²) in [5.41, 5.74) is 0.934. The lowest BCUT2D eigenvalue weighted by Gasteiger charge is -2.14. The lowest BCUT2D eigenvalue weighted by molar-refractivity contribution is 0.283. The number of nitrogens with zero attached hydrogens (tertiary/aromatic N) is 2. The van der Waals surface area contributed by atoms with Crippen LogP contribution in [0, 0.1) is 11.5 Å². The zero-order valence-electron chi connectivity index (χ0n) is 8.76. The summed E-state index contributed by atoms with van der Waals surface area (Å²) in [6, 6.07) is 9.64. The molecular weight excluding hydrogens is 188 g/mol. The molecule has 0 saturated carbocycles. The van der Waals surface area contributed by atoms with Gasteiger partial charge in [0.15, 0.2) is 6.19 Å². The quantitative estimate of drug-likeness (QED) is 0.438. The summed E-state index contributed by atoms with van der Waals surface area (Å²) in [5.74, 6) is 0. The van der Waals surface area contributed by atoms with Crippen LogP contribution in [0.2, 0.25) is 0 Å². The van der Waals surface area contributed by atoms with E-state index in [0.717, 1.165) is 31.5 Å². The van der Waals surface area contributed by atoms with Crippen LogP contribution in [0.1, 0.15) is 19.3 Å². The SMILES string of the molecule is N#CN(CCCCCO)c1ccccc1. The average molecular weight is 204 g/mol. The van der Waals surface area contributed by atoms with Gasteiger partial charge < -0.3 is 5.11 Å². The molecule has 0 aliphatic heterocycles. The van der Waals surface area contributed by atoms with Gasteiger partial charge in [0.2, 0.25) is 0 Å². The maximum atomic E-state index is 8.96. The van der Waals surface area contributed by atoms with Gasteiger partial charge in [-0.25, -0.2) is 0 Å². The van der Waals surface area contributed by atoms with Crippen LogP contribution in [-0.2, 0) is 0 Å². The summed E-state index contributed by atoms with van der Waals surface area (Å²) >= 11 is 0. The fourth-order valence-corrected chi connectivity index (χ4v) is 1.40. The van der Waals surface area contributed by atoms with Crippen LogP contribution in [0.4, 0.5) is 5.69 Å². The summed E-state index contributed by atoms with van der Waals surface area (Å²) in [6.07, 6.45) is 4.87. The molecule has 0 aliphatic carbocycles. The molecule has 0 amide bonds. The van der Waals surface area contributed by atoms with Crippen LogP contribution in [0.5, 0.6) is 0 Å². The molecule has 1 aromatic carbocycles. The Kier molecular flexibility index (Phi) is 5.28. The highest BCUT2D eigenvalue weighted by atomic mass is 16.2. The van der Waals surface area contributed by atoms with E-state index in [1.54, 1.807) is 4.90 Å². The van der Waals surface area contributed by atoms with Crippen LogP contribution in [0.25, 0.3) is 0 Å². The maximum Gasteiger partial charge on any atom is 0.184 e. The minimum Gasteiger partial charge on any atom is -0.396 e. The number of anilines is 1. The Morgan fingerprint density at radius 1 is 1.13 bits per heavy atom. The van der Waals surface area contributed by atoms with Crippen LogP contribution in [-0.4, -0.2) is 18.3 Å². The van der Waals surface area contributed by atoms with E-state index in [0.29, 0.717) is 0 Å². The molecule has 1 aromatic rings. The molecule has 80 valence electrons. The molecule has 0 fully saturated rings. The Morgan fingerprint density at radius 2 is 1.87 bits per heavy atom. The molecule has 15 heavy (non-hydrogen) atoms.